The van der Waals surface area contributed by atoms with E-state index in [2.05, 4.69) is 25.4 Å². The van der Waals surface area contributed by atoms with Gasteiger partial charge in [0.1, 0.15) is 6.26 Å². The maximum Gasteiger partial charge on any atom is 0.320 e. The van der Waals surface area contributed by atoms with Gasteiger partial charge in [-0.2, -0.15) is 0 Å². The Hall–Kier alpha value is -2.00. The van der Waals surface area contributed by atoms with Crippen molar-refractivity contribution < 1.29 is 28.3 Å². The molecular weight excluding hydrogens is 426 g/mol. The van der Waals surface area contributed by atoms with Crippen molar-refractivity contribution in [2.75, 3.05) is 20.5 Å². The number of ketones is 1. The van der Waals surface area contributed by atoms with Crippen LogP contribution in [0.5, 0.6) is 0 Å². The Morgan fingerprint density at radius 1 is 1.23 bits per heavy atom. The minimum atomic E-state index is -1.05. The third-order valence-corrected chi connectivity index (χ3v) is 4.98. The Labute approximate surface area is 163 Å². The van der Waals surface area contributed by atoms with Crippen molar-refractivity contribution in [3.05, 3.63) is 40.4 Å². The minimum absolute atomic E-state index is 0.143. The number of esters is 2. The molecule has 0 spiro atoms. The zero-order valence-corrected chi connectivity index (χ0v) is 16.9. The number of furan rings is 1. The van der Waals surface area contributed by atoms with Crippen LogP contribution in [0.4, 0.5) is 0 Å². The largest absolute Gasteiger partial charge is 0.468 e. The Bertz CT molecular complexity index is 796. The molecule has 2 aromatic rings. The molecule has 2 rings (SSSR count). The SMILES string of the molecule is COC(=O)C(CCn1c(SC)ccc1C(=O)c1cc(Br)co1)C(=O)OC. The molecule has 7 nitrogen and oxygen atoms in total. The minimum Gasteiger partial charge on any atom is -0.468 e. The average Bonchev–Trinajstić information content (AvgIpc) is 3.26. The molecule has 0 saturated heterocycles. The number of thioether (sulfide) groups is 1. The van der Waals surface area contributed by atoms with Crippen LogP contribution in [0.3, 0.4) is 0 Å². The summed E-state index contributed by atoms with van der Waals surface area (Å²) >= 11 is 4.70. The second-order valence-corrected chi connectivity index (χ2v) is 7.00. The summed E-state index contributed by atoms with van der Waals surface area (Å²) in [4.78, 5) is 36.4. The smallest absolute Gasteiger partial charge is 0.320 e. The number of ether oxygens (including phenoxy) is 2. The Balaban J connectivity index is 2.28. The summed E-state index contributed by atoms with van der Waals surface area (Å²) in [6.07, 6.45) is 3.45. The van der Waals surface area contributed by atoms with Crippen LogP contribution in [0.2, 0.25) is 0 Å². The second-order valence-electron chi connectivity index (χ2n) is 5.26. The van der Waals surface area contributed by atoms with Crippen molar-refractivity contribution in [2.24, 2.45) is 5.92 Å². The van der Waals surface area contributed by atoms with Crippen LogP contribution in [-0.4, -0.2) is 42.8 Å². The first-order valence-electron chi connectivity index (χ1n) is 7.60. The summed E-state index contributed by atoms with van der Waals surface area (Å²) in [5.41, 5.74) is 0.407. The fraction of sp³-hybridized carbons (Fsp3) is 0.353. The van der Waals surface area contributed by atoms with E-state index in [1.54, 1.807) is 22.8 Å². The van der Waals surface area contributed by atoms with Crippen molar-refractivity contribution in [1.29, 1.82) is 0 Å². The van der Waals surface area contributed by atoms with Gasteiger partial charge in [-0.25, -0.2) is 0 Å². The number of aromatic nitrogens is 1. The number of methoxy groups -OCH3 is 2. The van der Waals surface area contributed by atoms with E-state index in [0.29, 0.717) is 10.2 Å². The molecule has 0 aliphatic rings. The molecular formula is C17H18BrNO6S. The lowest BCUT2D eigenvalue weighted by atomic mass is 10.1. The molecule has 0 fully saturated rings. The average molecular weight is 444 g/mol. The van der Waals surface area contributed by atoms with Crippen LogP contribution in [0.1, 0.15) is 22.7 Å². The molecule has 0 aromatic carbocycles. The van der Waals surface area contributed by atoms with Gasteiger partial charge in [0.25, 0.3) is 0 Å². The first-order valence-corrected chi connectivity index (χ1v) is 9.62. The van der Waals surface area contributed by atoms with E-state index in [-0.39, 0.29) is 24.5 Å². The molecule has 0 aliphatic heterocycles. The summed E-state index contributed by atoms with van der Waals surface area (Å²) < 4.78 is 17.0. The van der Waals surface area contributed by atoms with Crippen LogP contribution >= 0.6 is 27.7 Å². The van der Waals surface area contributed by atoms with Crippen molar-refractivity contribution in [3.8, 4) is 0 Å². The van der Waals surface area contributed by atoms with Crippen LogP contribution in [-0.2, 0) is 25.6 Å². The number of carbonyl (C=O) groups is 3. The molecule has 0 amide bonds. The van der Waals surface area contributed by atoms with Gasteiger partial charge in [0.05, 0.1) is 29.4 Å². The molecule has 9 heteroatoms. The molecule has 0 N–H and O–H groups in total. The topological polar surface area (TPSA) is 87.7 Å². The number of rotatable bonds is 8. The Kier molecular flexibility index (Phi) is 7.10. The summed E-state index contributed by atoms with van der Waals surface area (Å²) in [6, 6.07) is 5.08. The number of hydrogen-bond donors (Lipinski definition) is 0. The highest BCUT2D eigenvalue weighted by atomic mass is 79.9. The van der Waals surface area contributed by atoms with E-state index in [9.17, 15) is 14.4 Å². The van der Waals surface area contributed by atoms with Gasteiger partial charge < -0.3 is 18.5 Å². The third-order valence-electron chi connectivity index (χ3n) is 3.79. The van der Waals surface area contributed by atoms with E-state index in [1.165, 1.54) is 32.2 Å². The zero-order valence-electron chi connectivity index (χ0n) is 14.5. The normalized spacial score (nSPS) is 10.8. The van der Waals surface area contributed by atoms with Gasteiger partial charge >= 0.3 is 11.9 Å². The fourth-order valence-corrected chi connectivity index (χ4v) is 3.40. The van der Waals surface area contributed by atoms with Gasteiger partial charge in [-0.15, -0.1) is 11.8 Å². The van der Waals surface area contributed by atoms with Gasteiger partial charge in [-0.05, 0) is 40.7 Å². The summed E-state index contributed by atoms with van der Waals surface area (Å²) in [7, 11) is 2.43. The molecule has 140 valence electrons. The van der Waals surface area contributed by atoms with E-state index in [0.717, 1.165) is 5.03 Å². The third kappa shape index (κ3) is 4.39. The number of nitrogens with zero attached hydrogens (tertiary/aromatic N) is 1. The molecule has 26 heavy (non-hydrogen) atoms. The quantitative estimate of drug-likeness (QED) is 0.268. The van der Waals surface area contributed by atoms with Crippen LogP contribution < -0.4 is 0 Å². The van der Waals surface area contributed by atoms with Gasteiger partial charge in [-0.3, -0.25) is 14.4 Å². The second kappa shape index (κ2) is 9.09. The zero-order chi connectivity index (χ0) is 19.3. The Morgan fingerprint density at radius 3 is 2.38 bits per heavy atom. The van der Waals surface area contributed by atoms with Gasteiger partial charge in [0.15, 0.2) is 11.7 Å². The van der Waals surface area contributed by atoms with Crippen molar-refractivity contribution in [2.45, 2.75) is 18.0 Å². The highest BCUT2D eigenvalue weighted by Gasteiger charge is 2.29. The van der Waals surface area contributed by atoms with Crippen molar-refractivity contribution in [3.63, 3.8) is 0 Å². The molecule has 0 bridgehead atoms. The molecule has 2 heterocycles. The maximum atomic E-state index is 12.7. The highest BCUT2D eigenvalue weighted by Crippen LogP contribution is 2.25. The molecule has 0 atom stereocenters. The first kappa shape index (κ1) is 20.3. The van der Waals surface area contributed by atoms with Crippen molar-refractivity contribution >= 4 is 45.4 Å². The predicted octanol–water partition coefficient (Wildman–Crippen LogP) is 3.15. The molecule has 0 radical (unpaired) electrons. The van der Waals surface area contributed by atoms with E-state index < -0.39 is 17.9 Å². The van der Waals surface area contributed by atoms with Gasteiger partial charge in [0.2, 0.25) is 5.78 Å². The number of halogens is 1. The summed E-state index contributed by atoms with van der Waals surface area (Å²) in [6.45, 7) is 0.265. The van der Waals surface area contributed by atoms with Gasteiger partial charge in [-0.1, -0.05) is 0 Å². The number of hydrogen-bond acceptors (Lipinski definition) is 7. The summed E-state index contributed by atoms with van der Waals surface area (Å²) in [5, 5.41) is 0.826. The molecule has 0 aliphatic carbocycles. The lowest BCUT2D eigenvalue weighted by Crippen LogP contribution is -2.28. The highest BCUT2D eigenvalue weighted by molar-refractivity contribution is 9.10. The molecule has 0 saturated carbocycles. The van der Waals surface area contributed by atoms with Gasteiger partial charge in [0, 0.05) is 12.6 Å². The lowest BCUT2D eigenvalue weighted by molar-refractivity contribution is -0.159. The Morgan fingerprint density at radius 2 is 1.88 bits per heavy atom. The summed E-state index contributed by atoms with van der Waals surface area (Å²) in [5.74, 6) is -2.48. The van der Waals surface area contributed by atoms with E-state index in [4.69, 9.17) is 4.42 Å². The first-order chi connectivity index (χ1) is 12.4. The van der Waals surface area contributed by atoms with Crippen molar-refractivity contribution in [1.82, 2.24) is 4.57 Å². The standard InChI is InChI=1S/C17H18BrNO6S/c1-23-16(21)11(17(22)24-2)6-7-19-12(4-5-14(19)26-3)15(20)13-8-10(18)9-25-13/h4-5,8-9,11H,6-7H2,1-3H3. The monoisotopic (exact) mass is 443 g/mol. The lowest BCUT2D eigenvalue weighted by Gasteiger charge is -2.15. The van der Waals surface area contributed by atoms with Crippen LogP contribution in [0.25, 0.3) is 0 Å². The molecule has 2 aromatic heterocycles. The molecule has 0 unspecified atom stereocenters. The van der Waals surface area contributed by atoms with Crippen LogP contribution in [0, 0.1) is 5.92 Å². The van der Waals surface area contributed by atoms with Crippen LogP contribution in [0.15, 0.2) is 38.4 Å². The van der Waals surface area contributed by atoms with E-state index >= 15 is 0 Å². The predicted molar refractivity (Wildman–Crippen MR) is 98.2 cm³/mol. The maximum absolute atomic E-state index is 12.7. The number of carbonyl (C=O) groups excluding carboxylic acids is 3. The fourth-order valence-electron chi connectivity index (χ4n) is 2.49. The van der Waals surface area contributed by atoms with E-state index in [1.807, 2.05) is 6.26 Å².